The number of methoxy groups -OCH3 is 3. The van der Waals surface area contributed by atoms with E-state index in [-0.39, 0.29) is 23.2 Å². The number of urea groups is 1. The molecule has 1 heterocycles. The quantitative estimate of drug-likeness (QED) is 0.245. The van der Waals surface area contributed by atoms with Crippen molar-refractivity contribution in [2.45, 2.75) is 83.1 Å². The number of rotatable bonds is 11. The van der Waals surface area contributed by atoms with Gasteiger partial charge in [0, 0.05) is 35.8 Å². The normalized spacial score (nSPS) is 21.6. The SMILES string of the molecule is COc1cc(NC(=O)N[C@@H]2C[C@H](CO[Si](C)(C)C(C)(C)C)C[C@H]2N2CCC(Cc3ccc(Cl)cc3)CC2)cc(OC)c1OC. The van der Waals surface area contributed by atoms with Crippen LogP contribution in [-0.2, 0) is 10.8 Å². The summed E-state index contributed by atoms with van der Waals surface area (Å²) in [7, 11) is 2.82. The van der Waals surface area contributed by atoms with Crippen LogP contribution in [0, 0.1) is 11.8 Å². The number of carbonyl (C=O) groups is 1. The number of halogens is 1. The van der Waals surface area contributed by atoms with E-state index in [1.807, 2.05) is 12.1 Å². The van der Waals surface area contributed by atoms with E-state index in [2.05, 4.69) is 61.5 Å². The topological polar surface area (TPSA) is 81.3 Å². The summed E-state index contributed by atoms with van der Waals surface area (Å²) in [4.78, 5) is 16.0. The van der Waals surface area contributed by atoms with Crippen LogP contribution in [0.2, 0.25) is 23.2 Å². The Bertz CT molecular complexity index is 1220. The number of benzene rings is 2. The molecule has 44 heavy (non-hydrogen) atoms. The molecule has 4 rings (SSSR count). The molecule has 0 aromatic heterocycles. The van der Waals surface area contributed by atoms with Crippen LogP contribution in [-0.4, -0.2) is 72.4 Å². The Kier molecular flexibility index (Phi) is 11.5. The van der Waals surface area contributed by atoms with Gasteiger partial charge in [0.1, 0.15) is 0 Å². The number of nitrogens with one attached hydrogen (secondary N) is 2. The lowest BCUT2D eigenvalue weighted by Crippen LogP contribution is -2.52. The highest BCUT2D eigenvalue weighted by atomic mass is 35.5. The predicted octanol–water partition coefficient (Wildman–Crippen LogP) is 7.61. The molecule has 2 aromatic rings. The van der Waals surface area contributed by atoms with Gasteiger partial charge in [-0.25, -0.2) is 4.79 Å². The Morgan fingerprint density at radius 3 is 2.11 bits per heavy atom. The van der Waals surface area contributed by atoms with Crippen LogP contribution in [0.15, 0.2) is 36.4 Å². The van der Waals surface area contributed by atoms with E-state index < -0.39 is 8.32 Å². The first kappa shape index (κ1) is 34.4. The molecule has 1 saturated heterocycles. The molecule has 0 unspecified atom stereocenters. The lowest BCUT2D eigenvalue weighted by atomic mass is 9.89. The van der Waals surface area contributed by atoms with Crippen LogP contribution in [0.4, 0.5) is 10.5 Å². The Balaban J connectivity index is 1.43. The first-order chi connectivity index (χ1) is 20.8. The molecule has 2 aliphatic rings. The van der Waals surface area contributed by atoms with E-state index in [0.717, 1.165) is 56.8 Å². The Labute approximate surface area is 270 Å². The molecule has 8 nitrogen and oxygen atoms in total. The fraction of sp³-hybridized carbons (Fsp3) is 0.618. The molecule has 2 N–H and O–H groups in total. The van der Waals surface area contributed by atoms with Gasteiger partial charge in [-0.3, -0.25) is 4.90 Å². The lowest BCUT2D eigenvalue weighted by Gasteiger charge is -2.39. The van der Waals surface area contributed by atoms with Crippen molar-refractivity contribution in [1.29, 1.82) is 0 Å². The van der Waals surface area contributed by atoms with Crippen molar-refractivity contribution in [3.05, 3.63) is 47.0 Å². The average molecular weight is 646 g/mol. The number of ether oxygens (including phenoxy) is 3. The summed E-state index contributed by atoms with van der Waals surface area (Å²) < 4.78 is 23.1. The van der Waals surface area contributed by atoms with E-state index in [9.17, 15) is 4.79 Å². The number of piperidine rings is 1. The fourth-order valence-corrected chi connectivity index (χ4v) is 7.50. The van der Waals surface area contributed by atoms with Crippen molar-refractivity contribution in [2.24, 2.45) is 11.8 Å². The minimum Gasteiger partial charge on any atom is -0.493 e. The van der Waals surface area contributed by atoms with Gasteiger partial charge in [0.05, 0.1) is 27.0 Å². The molecular formula is C34H52ClN3O5Si. The van der Waals surface area contributed by atoms with Crippen molar-refractivity contribution in [2.75, 3.05) is 46.3 Å². The van der Waals surface area contributed by atoms with Gasteiger partial charge in [0.25, 0.3) is 0 Å². The molecule has 244 valence electrons. The van der Waals surface area contributed by atoms with E-state index in [1.54, 1.807) is 33.5 Å². The van der Waals surface area contributed by atoms with Crippen molar-refractivity contribution in [3.63, 3.8) is 0 Å². The largest absolute Gasteiger partial charge is 0.493 e. The Morgan fingerprint density at radius 2 is 1.57 bits per heavy atom. The molecule has 10 heteroatoms. The first-order valence-electron chi connectivity index (χ1n) is 15.8. The van der Waals surface area contributed by atoms with Gasteiger partial charge in [-0.1, -0.05) is 44.5 Å². The maximum Gasteiger partial charge on any atom is 0.319 e. The molecule has 1 saturated carbocycles. The molecule has 0 radical (unpaired) electrons. The van der Waals surface area contributed by atoms with Gasteiger partial charge in [-0.15, -0.1) is 0 Å². The van der Waals surface area contributed by atoms with Gasteiger partial charge < -0.3 is 29.3 Å². The van der Waals surface area contributed by atoms with Gasteiger partial charge >= 0.3 is 6.03 Å². The van der Waals surface area contributed by atoms with E-state index >= 15 is 0 Å². The van der Waals surface area contributed by atoms with Crippen molar-refractivity contribution in [3.8, 4) is 17.2 Å². The van der Waals surface area contributed by atoms with Crippen molar-refractivity contribution in [1.82, 2.24) is 10.2 Å². The fourth-order valence-electron chi connectivity index (χ4n) is 6.29. The Morgan fingerprint density at radius 1 is 0.955 bits per heavy atom. The number of nitrogens with zero attached hydrogens (tertiary/aromatic N) is 1. The molecule has 1 aliphatic heterocycles. The molecular weight excluding hydrogens is 594 g/mol. The van der Waals surface area contributed by atoms with Crippen molar-refractivity contribution >= 4 is 31.6 Å². The maximum absolute atomic E-state index is 13.4. The number of anilines is 1. The highest BCUT2D eigenvalue weighted by Crippen LogP contribution is 2.41. The summed E-state index contributed by atoms with van der Waals surface area (Å²) in [5.74, 6) is 2.52. The van der Waals surface area contributed by atoms with Gasteiger partial charge in [-0.2, -0.15) is 0 Å². The smallest absolute Gasteiger partial charge is 0.319 e. The number of likely N-dealkylation sites (tertiary alicyclic amines) is 1. The molecule has 0 spiro atoms. The number of amides is 2. The number of carbonyl (C=O) groups excluding carboxylic acids is 1. The van der Waals surface area contributed by atoms with Crippen LogP contribution in [0.3, 0.4) is 0 Å². The van der Waals surface area contributed by atoms with Gasteiger partial charge in [0.15, 0.2) is 19.8 Å². The molecule has 0 bridgehead atoms. The first-order valence-corrected chi connectivity index (χ1v) is 19.1. The predicted molar refractivity (Wildman–Crippen MR) is 181 cm³/mol. The minimum absolute atomic E-state index is 0.0258. The summed E-state index contributed by atoms with van der Waals surface area (Å²) in [6, 6.07) is 11.8. The second-order valence-electron chi connectivity index (χ2n) is 13.9. The maximum atomic E-state index is 13.4. The van der Waals surface area contributed by atoms with Crippen LogP contribution in [0.25, 0.3) is 0 Å². The zero-order chi connectivity index (χ0) is 32.1. The summed E-state index contributed by atoms with van der Waals surface area (Å²) in [6.45, 7) is 14.3. The number of hydrogen-bond acceptors (Lipinski definition) is 6. The zero-order valence-corrected chi connectivity index (χ0v) is 29.6. The van der Waals surface area contributed by atoms with Gasteiger partial charge in [0.2, 0.25) is 5.75 Å². The van der Waals surface area contributed by atoms with Crippen molar-refractivity contribution < 1.29 is 23.4 Å². The van der Waals surface area contributed by atoms with Crippen LogP contribution in [0.1, 0.15) is 52.0 Å². The molecule has 2 amide bonds. The third kappa shape index (κ3) is 8.62. The van der Waals surface area contributed by atoms with Crippen LogP contribution < -0.4 is 24.8 Å². The monoisotopic (exact) mass is 645 g/mol. The number of hydrogen-bond donors (Lipinski definition) is 2. The third-order valence-corrected chi connectivity index (χ3v) is 14.7. The van der Waals surface area contributed by atoms with Gasteiger partial charge in [-0.05, 0) is 92.9 Å². The van der Waals surface area contributed by atoms with E-state index in [1.165, 1.54) is 5.56 Å². The second kappa shape index (κ2) is 14.8. The minimum atomic E-state index is -1.87. The summed E-state index contributed by atoms with van der Waals surface area (Å²) in [5, 5.41) is 7.28. The molecule has 2 fully saturated rings. The summed E-state index contributed by atoms with van der Waals surface area (Å²) in [6.07, 6.45) is 5.29. The standard InChI is InChI=1S/C34H52ClN3O5Si/c1-34(2,3)44(7,8)43-22-25-18-28(37-33(39)36-27-20-30(40-4)32(42-6)31(21-27)41-5)29(19-25)38-15-13-24(14-16-38)17-23-9-11-26(35)12-10-23/h9-12,20-21,24-25,28-29H,13-19,22H2,1-8H3,(H2,36,37,39)/t25-,28+,29+/m0/s1. The lowest BCUT2D eigenvalue weighted by molar-refractivity contribution is 0.116. The average Bonchev–Trinajstić information content (AvgIpc) is 3.38. The summed E-state index contributed by atoms with van der Waals surface area (Å²) in [5.41, 5.74) is 1.92. The van der Waals surface area contributed by atoms with Crippen LogP contribution in [0.5, 0.6) is 17.2 Å². The summed E-state index contributed by atoms with van der Waals surface area (Å²) >= 11 is 6.10. The highest BCUT2D eigenvalue weighted by molar-refractivity contribution is 6.74. The Hall–Kier alpha value is -2.46. The van der Waals surface area contributed by atoms with E-state index in [0.29, 0.717) is 34.8 Å². The van der Waals surface area contributed by atoms with Crippen LogP contribution >= 0.6 is 11.6 Å². The second-order valence-corrected chi connectivity index (χ2v) is 19.2. The molecule has 3 atom stereocenters. The molecule has 2 aromatic carbocycles. The van der Waals surface area contributed by atoms with E-state index in [4.69, 9.17) is 30.2 Å². The zero-order valence-electron chi connectivity index (χ0n) is 27.8. The highest BCUT2D eigenvalue weighted by Gasteiger charge is 2.42. The molecule has 1 aliphatic carbocycles. The third-order valence-electron chi connectivity index (χ3n) is 9.91.